The Labute approximate surface area is 168 Å². The summed E-state index contributed by atoms with van der Waals surface area (Å²) in [5.74, 6) is -2.42. The molecule has 0 fully saturated rings. The van der Waals surface area contributed by atoms with Crippen LogP contribution in [0, 0.1) is 5.82 Å². The van der Waals surface area contributed by atoms with E-state index in [0.29, 0.717) is 17.3 Å². The quantitative estimate of drug-likeness (QED) is 0.237. The van der Waals surface area contributed by atoms with E-state index in [1.807, 2.05) is 0 Å². The van der Waals surface area contributed by atoms with E-state index in [4.69, 9.17) is 16.3 Å². The number of halogens is 5. The van der Waals surface area contributed by atoms with Crippen molar-refractivity contribution in [1.29, 1.82) is 0 Å². The standard InChI is InChI=1S/C19H16ClF4NO2S/c1-2-7-27-18(26)13-6-4-3-5-12(13)10-25-16-9-17(14(20)8-15(16)21)28-11-19(22,23)24/h2-6,8-9,25H,1,7,10-11H2. The van der Waals surface area contributed by atoms with Gasteiger partial charge in [-0.1, -0.05) is 42.5 Å². The fourth-order valence-electron chi connectivity index (χ4n) is 2.21. The first kappa shape index (κ1) is 22.1. The van der Waals surface area contributed by atoms with Crippen LogP contribution in [0.5, 0.6) is 0 Å². The zero-order valence-corrected chi connectivity index (χ0v) is 16.1. The number of hydrogen-bond donors (Lipinski definition) is 1. The second-order valence-corrected chi connectivity index (χ2v) is 6.99. The maximum Gasteiger partial charge on any atom is 0.398 e. The SMILES string of the molecule is C=CCOC(=O)c1ccccc1CNc1cc(SCC(F)(F)F)c(Cl)cc1F. The summed E-state index contributed by atoms with van der Waals surface area (Å²) in [5, 5.41) is 2.68. The first-order valence-corrected chi connectivity index (χ1v) is 9.36. The third kappa shape index (κ3) is 6.45. The van der Waals surface area contributed by atoms with Gasteiger partial charge < -0.3 is 10.1 Å². The number of benzene rings is 2. The lowest BCUT2D eigenvalue weighted by molar-refractivity contribution is -0.105. The second-order valence-electron chi connectivity index (χ2n) is 5.56. The lowest BCUT2D eigenvalue weighted by Crippen LogP contribution is -2.12. The zero-order chi connectivity index (χ0) is 20.7. The van der Waals surface area contributed by atoms with Gasteiger partial charge in [-0.15, -0.1) is 11.8 Å². The molecule has 2 aromatic rings. The van der Waals surface area contributed by atoms with Crippen molar-refractivity contribution >= 4 is 35.0 Å². The molecule has 0 saturated heterocycles. The van der Waals surface area contributed by atoms with Gasteiger partial charge in [-0.2, -0.15) is 13.2 Å². The minimum absolute atomic E-state index is 0.0247. The minimum atomic E-state index is -4.37. The Hall–Kier alpha value is -2.19. The van der Waals surface area contributed by atoms with Crippen molar-refractivity contribution in [3.05, 3.63) is 71.0 Å². The molecule has 0 aromatic heterocycles. The molecule has 0 saturated carbocycles. The molecular formula is C19H16ClF4NO2S. The summed E-state index contributed by atoms with van der Waals surface area (Å²) < 4.78 is 56.4. The highest BCUT2D eigenvalue weighted by Crippen LogP contribution is 2.35. The summed E-state index contributed by atoms with van der Waals surface area (Å²) in [4.78, 5) is 12.2. The fourth-order valence-corrected chi connectivity index (χ4v) is 3.24. The normalized spacial score (nSPS) is 11.2. The van der Waals surface area contributed by atoms with Gasteiger partial charge in [0.15, 0.2) is 0 Å². The predicted octanol–water partition coefficient (Wildman–Crippen LogP) is 6.09. The number of anilines is 1. The number of alkyl halides is 3. The van der Waals surface area contributed by atoms with Crippen molar-refractivity contribution in [2.75, 3.05) is 17.7 Å². The first-order valence-electron chi connectivity index (χ1n) is 7.99. The molecular weight excluding hydrogens is 418 g/mol. The molecule has 9 heteroatoms. The van der Waals surface area contributed by atoms with Crippen LogP contribution < -0.4 is 5.32 Å². The Morgan fingerprint density at radius 3 is 2.68 bits per heavy atom. The largest absolute Gasteiger partial charge is 0.458 e. The van der Waals surface area contributed by atoms with Gasteiger partial charge in [0.25, 0.3) is 0 Å². The summed E-state index contributed by atoms with van der Waals surface area (Å²) in [6.45, 7) is 3.57. The monoisotopic (exact) mass is 433 g/mol. The topological polar surface area (TPSA) is 38.3 Å². The van der Waals surface area contributed by atoms with Gasteiger partial charge in [0, 0.05) is 11.4 Å². The van der Waals surface area contributed by atoms with Crippen molar-refractivity contribution in [2.24, 2.45) is 0 Å². The molecule has 0 heterocycles. The Kier molecular flexibility index (Phi) is 7.77. The molecule has 0 aliphatic carbocycles. The van der Waals surface area contributed by atoms with Crippen LogP contribution in [0.3, 0.4) is 0 Å². The lowest BCUT2D eigenvalue weighted by atomic mass is 10.1. The van der Waals surface area contributed by atoms with Gasteiger partial charge in [0.2, 0.25) is 0 Å². The lowest BCUT2D eigenvalue weighted by Gasteiger charge is -2.14. The summed E-state index contributed by atoms with van der Waals surface area (Å²) in [6.07, 6.45) is -2.94. The molecule has 2 aromatic carbocycles. The van der Waals surface area contributed by atoms with Crippen molar-refractivity contribution < 1.29 is 27.1 Å². The number of carbonyl (C=O) groups excluding carboxylic acids is 1. The highest BCUT2D eigenvalue weighted by atomic mass is 35.5. The summed E-state index contributed by atoms with van der Waals surface area (Å²) in [5.41, 5.74) is 0.802. The van der Waals surface area contributed by atoms with Crippen LogP contribution in [0.2, 0.25) is 5.02 Å². The van der Waals surface area contributed by atoms with Gasteiger partial charge in [0.05, 0.1) is 22.0 Å². The van der Waals surface area contributed by atoms with E-state index in [2.05, 4.69) is 11.9 Å². The van der Waals surface area contributed by atoms with Crippen LogP contribution in [0.4, 0.5) is 23.2 Å². The summed E-state index contributed by atoms with van der Waals surface area (Å²) in [7, 11) is 0. The fraction of sp³-hybridized carbons (Fsp3) is 0.211. The molecule has 0 spiro atoms. The van der Waals surface area contributed by atoms with Gasteiger partial charge in [0.1, 0.15) is 12.4 Å². The van der Waals surface area contributed by atoms with E-state index in [1.165, 1.54) is 12.1 Å². The number of hydrogen-bond acceptors (Lipinski definition) is 4. The first-order chi connectivity index (χ1) is 13.2. The average Bonchev–Trinajstić information content (AvgIpc) is 2.64. The number of nitrogens with one attached hydrogen (secondary N) is 1. The highest BCUT2D eigenvalue weighted by molar-refractivity contribution is 7.99. The predicted molar refractivity (Wildman–Crippen MR) is 102 cm³/mol. The maximum atomic E-state index is 14.2. The van der Waals surface area contributed by atoms with Crippen molar-refractivity contribution in [2.45, 2.75) is 17.6 Å². The Bertz CT molecular complexity index is 858. The van der Waals surface area contributed by atoms with Crippen LogP contribution >= 0.6 is 23.4 Å². The molecule has 3 nitrogen and oxygen atoms in total. The smallest absolute Gasteiger partial charge is 0.398 e. The van der Waals surface area contributed by atoms with E-state index in [-0.39, 0.29) is 34.3 Å². The number of esters is 1. The molecule has 0 atom stereocenters. The molecule has 1 N–H and O–H groups in total. The molecule has 0 aliphatic rings. The van der Waals surface area contributed by atoms with E-state index in [1.54, 1.807) is 24.3 Å². The van der Waals surface area contributed by atoms with Crippen molar-refractivity contribution in [3.8, 4) is 0 Å². The van der Waals surface area contributed by atoms with Gasteiger partial charge in [-0.3, -0.25) is 0 Å². The van der Waals surface area contributed by atoms with Gasteiger partial charge in [-0.25, -0.2) is 9.18 Å². The van der Waals surface area contributed by atoms with E-state index >= 15 is 0 Å². The van der Waals surface area contributed by atoms with Gasteiger partial charge >= 0.3 is 12.1 Å². The third-order valence-corrected chi connectivity index (χ3v) is 5.00. The third-order valence-electron chi connectivity index (χ3n) is 3.45. The number of thioether (sulfide) groups is 1. The second kappa shape index (κ2) is 9.84. The Balaban J connectivity index is 2.16. The van der Waals surface area contributed by atoms with E-state index in [0.717, 1.165) is 6.07 Å². The van der Waals surface area contributed by atoms with Gasteiger partial charge in [-0.05, 0) is 23.8 Å². The molecule has 150 valence electrons. The maximum absolute atomic E-state index is 14.2. The number of carbonyl (C=O) groups is 1. The summed E-state index contributed by atoms with van der Waals surface area (Å²) >= 11 is 6.31. The van der Waals surface area contributed by atoms with Crippen molar-refractivity contribution in [1.82, 2.24) is 0 Å². The molecule has 2 rings (SSSR count). The van der Waals surface area contributed by atoms with Crippen LogP contribution in [-0.2, 0) is 11.3 Å². The van der Waals surface area contributed by atoms with Crippen molar-refractivity contribution in [3.63, 3.8) is 0 Å². The highest BCUT2D eigenvalue weighted by Gasteiger charge is 2.28. The Morgan fingerprint density at radius 1 is 1.29 bits per heavy atom. The van der Waals surface area contributed by atoms with E-state index < -0.39 is 23.7 Å². The van der Waals surface area contributed by atoms with Crippen LogP contribution in [-0.4, -0.2) is 24.5 Å². The molecule has 28 heavy (non-hydrogen) atoms. The molecule has 0 bridgehead atoms. The molecule has 0 unspecified atom stereocenters. The molecule has 0 radical (unpaired) electrons. The van der Waals surface area contributed by atoms with Crippen LogP contribution in [0.1, 0.15) is 15.9 Å². The average molecular weight is 434 g/mol. The zero-order valence-electron chi connectivity index (χ0n) is 14.5. The molecule has 0 amide bonds. The minimum Gasteiger partial charge on any atom is -0.458 e. The van der Waals surface area contributed by atoms with Crippen LogP contribution in [0.15, 0.2) is 53.9 Å². The van der Waals surface area contributed by atoms with E-state index in [9.17, 15) is 22.4 Å². The summed E-state index contributed by atoms with van der Waals surface area (Å²) in [6, 6.07) is 8.74. The van der Waals surface area contributed by atoms with Crippen LogP contribution in [0.25, 0.3) is 0 Å². The molecule has 0 aliphatic heterocycles. The Morgan fingerprint density at radius 2 is 2.00 bits per heavy atom. The number of ether oxygens (including phenoxy) is 1. The number of rotatable bonds is 8.